The molecule has 1 aliphatic rings. The van der Waals surface area contributed by atoms with E-state index in [-0.39, 0.29) is 5.91 Å². The normalized spacial score (nSPS) is 18.6. The third-order valence-electron chi connectivity index (χ3n) is 3.39. The second kappa shape index (κ2) is 6.35. The van der Waals surface area contributed by atoms with E-state index in [9.17, 15) is 4.79 Å². The quantitative estimate of drug-likeness (QED) is 0.852. The van der Waals surface area contributed by atoms with E-state index in [4.69, 9.17) is 16.3 Å². The van der Waals surface area contributed by atoms with Crippen molar-refractivity contribution in [2.24, 2.45) is 5.92 Å². The van der Waals surface area contributed by atoms with Crippen molar-refractivity contribution < 1.29 is 9.53 Å². The summed E-state index contributed by atoms with van der Waals surface area (Å²) in [6.45, 7) is 6.75. The van der Waals surface area contributed by atoms with E-state index >= 15 is 0 Å². The van der Waals surface area contributed by atoms with Crippen molar-refractivity contribution >= 4 is 17.5 Å². The highest BCUT2D eigenvalue weighted by molar-refractivity contribution is 6.33. The molecule has 0 aliphatic carbocycles. The molecule has 1 aromatic rings. The van der Waals surface area contributed by atoms with Gasteiger partial charge in [-0.15, -0.1) is 0 Å². The zero-order chi connectivity index (χ0) is 13.8. The minimum absolute atomic E-state index is 0.0492. The summed E-state index contributed by atoms with van der Waals surface area (Å²) in [5.74, 6) is 0.382. The van der Waals surface area contributed by atoms with Gasteiger partial charge in [0.25, 0.3) is 5.91 Å². The molecule has 1 atom stereocenters. The van der Waals surface area contributed by atoms with Crippen molar-refractivity contribution in [3.63, 3.8) is 0 Å². The van der Waals surface area contributed by atoms with E-state index in [0.29, 0.717) is 23.0 Å². The molecule has 0 N–H and O–H groups in total. The molecule has 1 saturated heterocycles. The Morgan fingerprint density at radius 3 is 3.00 bits per heavy atom. The second-order valence-corrected chi connectivity index (χ2v) is 5.29. The number of aryl methyl sites for hydroxylation is 1. The molecule has 1 amide bonds. The summed E-state index contributed by atoms with van der Waals surface area (Å²) in [5, 5.41) is 0.471. The average molecular weight is 283 g/mol. The maximum atomic E-state index is 12.5. The number of carbonyl (C=O) groups is 1. The number of aromatic nitrogens is 1. The van der Waals surface area contributed by atoms with Crippen LogP contribution in [-0.2, 0) is 4.74 Å². The van der Waals surface area contributed by atoms with Crippen molar-refractivity contribution in [2.75, 3.05) is 26.3 Å². The maximum absolute atomic E-state index is 12.5. The summed E-state index contributed by atoms with van der Waals surface area (Å²) in [6, 6.07) is 1.72. The van der Waals surface area contributed by atoms with Crippen LogP contribution >= 0.6 is 11.6 Å². The molecule has 2 heterocycles. The molecule has 1 aromatic heterocycles. The van der Waals surface area contributed by atoms with Crippen molar-refractivity contribution in [1.82, 2.24) is 9.88 Å². The van der Waals surface area contributed by atoms with Gasteiger partial charge in [0, 0.05) is 37.5 Å². The highest BCUT2D eigenvalue weighted by Gasteiger charge is 2.23. The molecule has 0 bridgehead atoms. The van der Waals surface area contributed by atoms with Gasteiger partial charge in [0.2, 0.25) is 0 Å². The lowest BCUT2D eigenvalue weighted by Gasteiger charge is -2.24. The molecule has 5 heteroatoms. The van der Waals surface area contributed by atoms with Crippen LogP contribution in [0.25, 0.3) is 0 Å². The van der Waals surface area contributed by atoms with Gasteiger partial charge < -0.3 is 9.64 Å². The van der Waals surface area contributed by atoms with Crippen LogP contribution in [0.2, 0.25) is 5.02 Å². The van der Waals surface area contributed by atoms with E-state index in [1.54, 1.807) is 12.3 Å². The van der Waals surface area contributed by atoms with Crippen LogP contribution in [0.5, 0.6) is 0 Å². The first-order valence-electron chi connectivity index (χ1n) is 6.61. The third-order valence-corrected chi connectivity index (χ3v) is 3.70. The molecule has 0 aromatic carbocycles. The van der Waals surface area contributed by atoms with Gasteiger partial charge in [0.05, 0.1) is 17.2 Å². The molecule has 1 unspecified atom stereocenters. The number of nitrogens with zero attached hydrogens (tertiary/aromatic N) is 2. The van der Waals surface area contributed by atoms with Crippen LogP contribution in [0.15, 0.2) is 12.3 Å². The van der Waals surface area contributed by atoms with Gasteiger partial charge in [-0.05, 0) is 26.3 Å². The Labute approximate surface area is 118 Å². The third kappa shape index (κ3) is 3.45. The minimum atomic E-state index is -0.0492. The van der Waals surface area contributed by atoms with Gasteiger partial charge in [0.15, 0.2) is 0 Å². The van der Waals surface area contributed by atoms with E-state index in [1.165, 1.54) is 0 Å². The number of hydrogen-bond donors (Lipinski definition) is 0. The van der Waals surface area contributed by atoms with E-state index < -0.39 is 0 Å². The molecule has 19 heavy (non-hydrogen) atoms. The Bertz CT molecular complexity index is 459. The zero-order valence-electron chi connectivity index (χ0n) is 11.4. The molecule has 2 rings (SSSR count). The number of pyridine rings is 1. The monoisotopic (exact) mass is 282 g/mol. The lowest BCUT2D eigenvalue weighted by Crippen LogP contribution is -2.35. The van der Waals surface area contributed by atoms with Gasteiger partial charge in [-0.1, -0.05) is 11.6 Å². The van der Waals surface area contributed by atoms with Crippen LogP contribution in [0.4, 0.5) is 0 Å². The van der Waals surface area contributed by atoms with Crippen LogP contribution in [-0.4, -0.2) is 42.1 Å². The van der Waals surface area contributed by atoms with Gasteiger partial charge in [0.1, 0.15) is 0 Å². The minimum Gasteiger partial charge on any atom is -0.381 e. The van der Waals surface area contributed by atoms with Crippen molar-refractivity contribution in [1.29, 1.82) is 0 Å². The molecule has 4 nitrogen and oxygen atoms in total. The topological polar surface area (TPSA) is 42.4 Å². The largest absolute Gasteiger partial charge is 0.381 e. The molecular formula is C14H19ClN2O2. The van der Waals surface area contributed by atoms with Crippen LogP contribution < -0.4 is 0 Å². The molecule has 0 spiro atoms. The van der Waals surface area contributed by atoms with Crippen molar-refractivity contribution in [3.8, 4) is 0 Å². The SMILES string of the molecule is CCN(CC1CCOC1)C(=O)c1cnc(C)cc1Cl. The van der Waals surface area contributed by atoms with Crippen molar-refractivity contribution in [2.45, 2.75) is 20.3 Å². The number of amides is 1. The first kappa shape index (κ1) is 14.3. The van der Waals surface area contributed by atoms with Crippen LogP contribution in [0, 0.1) is 12.8 Å². The Morgan fingerprint density at radius 1 is 1.63 bits per heavy atom. The standard InChI is InChI=1S/C14H19ClN2O2/c1-3-17(8-11-4-5-19-9-11)14(18)12-7-16-10(2)6-13(12)15/h6-7,11H,3-5,8-9H2,1-2H3. The number of halogens is 1. The van der Waals surface area contributed by atoms with Crippen molar-refractivity contribution in [3.05, 3.63) is 28.5 Å². The Morgan fingerprint density at radius 2 is 2.42 bits per heavy atom. The summed E-state index contributed by atoms with van der Waals surface area (Å²) in [5.41, 5.74) is 1.29. The summed E-state index contributed by atoms with van der Waals surface area (Å²) in [6.07, 6.45) is 2.58. The number of rotatable bonds is 4. The van der Waals surface area contributed by atoms with E-state index in [2.05, 4.69) is 4.98 Å². The smallest absolute Gasteiger partial charge is 0.256 e. The fourth-order valence-electron chi connectivity index (χ4n) is 2.25. The number of hydrogen-bond acceptors (Lipinski definition) is 3. The van der Waals surface area contributed by atoms with E-state index in [1.807, 2.05) is 18.7 Å². The van der Waals surface area contributed by atoms with Gasteiger partial charge >= 0.3 is 0 Å². The van der Waals surface area contributed by atoms with Gasteiger partial charge in [-0.25, -0.2) is 0 Å². The van der Waals surface area contributed by atoms with E-state index in [0.717, 1.165) is 31.9 Å². The summed E-state index contributed by atoms with van der Waals surface area (Å²) in [7, 11) is 0. The lowest BCUT2D eigenvalue weighted by atomic mass is 10.1. The molecule has 0 saturated carbocycles. The first-order chi connectivity index (χ1) is 9.11. The Balaban J connectivity index is 2.10. The lowest BCUT2D eigenvalue weighted by molar-refractivity contribution is 0.0730. The van der Waals surface area contributed by atoms with Crippen LogP contribution in [0.3, 0.4) is 0 Å². The van der Waals surface area contributed by atoms with Gasteiger partial charge in [-0.3, -0.25) is 9.78 Å². The predicted octanol–water partition coefficient (Wildman–Crippen LogP) is 2.54. The van der Waals surface area contributed by atoms with Gasteiger partial charge in [-0.2, -0.15) is 0 Å². The summed E-state index contributed by atoms with van der Waals surface area (Å²) < 4.78 is 5.35. The Kier molecular flexibility index (Phi) is 4.77. The second-order valence-electron chi connectivity index (χ2n) is 4.88. The first-order valence-corrected chi connectivity index (χ1v) is 6.98. The van der Waals surface area contributed by atoms with Crippen LogP contribution in [0.1, 0.15) is 29.4 Å². The number of carbonyl (C=O) groups excluding carboxylic acids is 1. The molecule has 0 radical (unpaired) electrons. The summed E-state index contributed by atoms with van der Waals surface area (Å²) >= 11 is 6.13. The maximum Gasteiger partial charge on any atom is 0.256 e. The molecule has 1 fully saturated rings. The fourth-order valence-corrected chi connectivity index (χ4v) is 2.54. The highest BCUT2D eigenvalue weighted by atomic mass is 35.5. The molecule has 1 aliphatic heterocycles. The average Bonchev–Trinajstić information content (AvgIpc) is 2.88. The predicted molar refractivity (Wildman–Crippen MR) is 74.5 cm³/mol. The zero-order valence-corrected chi connectivity index (χ0v) is 12.1. The molecular weight excluding hydrogens is 264 g/mol. The summed E-state index contributed by atoms with van der Waals surface area (Å²) in [4.78, 5) is 18.4. The Hall–Kier alpha value is -1.13. The highest BCUT2D eigenvalue weighted by Crippen LogP contribution is 2.20. The fraction of sp³-hybridized carbons (Fsp3) is 0.571. The molecule has 104 valence electrons. The number of ether oxygens (including phenoxy) is 1.